The lowest BCUT2D eigenvalue weighted by Crippen LogP contribution is -2.25. The van der Waals surface area contributed by atoms with Crippen molar-refractivity contribution in [3.05, 3.63) is 29.8 Å². The summed E-state index contributed by atoms with van der Waals surface area (Å²) in [4.78, 5) is 12.5. The first kappa shape index (κ1) is 14.4. The Kier molecular flexibility index (Phi) is 7.16. The monoisotopic (exact) mass is 271 g/mol. The molecule has 0 spiro atoms. The Balaban J connectivity index is 2.21. The van der Waals surface area contributed by atoms with Crippen LogP contribution in [0.4, 0.5) is 0 Å². The second-order valence-corrected chi connectivity index (χ2v) is 5.24. The van der Waals surface area contributed by atoms with E-state index in [1.165, 1.54) is 0 Å². The molecule has 1 amide bonds. The van der Waals surface area contributed by atoms with Gasteiger partial charge in [0.2, 0.25) is 0 Å². The van der Waals surface area contributed by atoms with E-state index in [0.29, 0.717) is 12.1 Å². The molecule has 0 aliphatic carbocycles. The molecule has 1 aromatic rings. The van der Waals surface area contributed by atoms with E-state index in [9.17, 15) is 4.79 Å². The van der Waals surface area contributed by atoms with Gasteiger partial charge in [-0.2, -0.15) is 11.8 Å². The normalized spacial score (nSPS) is 10.2. The van der Waals surface area contributed by atoms with Gasteiger partial charge in [-0.1, -0.05) is 6.07 Å². The van der Waals surface area contributed by atoms with Crippen LogP contribution in [0, 0.1) is 0 Å². The van der Waals surface area contributed by atoms with Gasteiger partial charge in [-0.15, -0.1) is 12.6 Å². The summed E-state index contributed by atoms with van der Waals surface area (Å²) >= 11 is 5.92. The Morgan fingerprint density at radius 3 is 2.94 bits per heavy atom. The van der Waals surface area contributed by atoms with Gasteiger partial charge in [-0.3, -0.25) is 4.79 Å². The topological polar surface area (TPSA) is 49.3 Å². The van der Waals surface area contributed by atoms with Crippen LogP contribution in [0.3, 0.4) is 0 Å². The Morgan fingerprint density at radius 1 is 1.41 bits per heavy atom. The standard InChI is InChI=1S/C12H17NO2S2/c14-6-2-7-17-8-5-13-12(15)10-3-1-4-11(16)9-10/h1,3-4,9,14,16H,2,5-8H2,(H,13,15). The number of aliphatic hydroxyl groups excluding tert-OH is 1. The molecular weight excluding hydrogens is 254 g/mol. The molecule has 0 atom stereocenters. The summed E-state index contributed by atoms with van der Waals surface area (Å²) in [6.07, 6.45) is 0.806. The summed E-state index contributed by atoms with van der Waals surface area (Å²) in [6, 6.07) is 7.17. The van der Waals surface area contributed by atoms with Crippen LogP contribution in [0.5, 0.6) is 0 Å². The van der Waals surface area contributed by atoms with Gasteiger partial charge >= 0.3 is 0 Å². The molecule has 17 heavy (non-hydrogen) atoms. The first-order valence-corrected chi connectivity index (χ1v) is 7.10. The average molecular weight is 271 g/mol. The third kappa shape index (κ3) is 6.00. The lowest BCUT2D eigenvalue weighted by Gasteiger charge is -2.05. The van der Waals surface area contributed by atoms with Crippen molar-refractivity contribution < 1.29 is 9.90 Å². The molecule has 0 aliphatic rings. The molecule has 0 radical (unpaired) electrons. The number of rotatable bonds is 7. The Hall–Kier alpha value is -0.650. The summed E-state index contributed by atoms with van der Waals surface area (Å²) < 4.78 is 0. The Morgan fingerprint density at radius 2 is 2.24 bits per heavy atom. The largest absolute Gasteiger partial charge is 0.396 e. The van der Waals surface area contributed by atoms with Crippen LogP contribution < -0.4 is 5.32 Å². The first-order chi connectivity index (χ1) is 8.24. The van der Waals surface area contributed by atoms with E-state index in [2.05, 4.69) is 17.9 Å². The van der Waals surface area contributed by atoms with Crippen molar-refractivity contribution in [3.63, 3.8) is 0 Å². The van der Waals surface area contributed by atoms with Crippen molar-refractivity contribution in [1.82, 2.24) is 5.32 Å². The number of hydrogen-bond acceptors (Lipinski definition) is 4. The molecule has 0 heterocycles. The van der Waals surface area contributed by atoms with Crippen LogP contribution in [0.1, 0.15) is 16.8 Å². The van der Waals surface area contributed by atoms with E-state index in [1.54, 1.807) is 23.9 Å². The van der Waals surface area contributed by atoms with Crippen LogP contribution in [-0.2, 0) is 0 Å². The van der Waals surface area contributed by atoms with Gasteiger partial charge in [0.25, 0.3) is 5.91 Å². The summed E-state index contributed by atoms with van der Waals surface area (Å²) in [5.41, 5.74) is 0.637. The predicted octanol–water partition coefficient (Wildman–Crippen LogP) is 1.82. The SMILES string of the molecule is O=C(NCCSCCCO)c1cccc(S)c1. The van der Waals surface area contributed by atoms with Crippen LogP contribution in [0.15, 0.2) is 29.2 Å². The number of amides is 1. The first-order valence-electron chi connectivity index (χ1n) is 5.50. The third-order valence-electron chi connectivity index (χ3n) is 2.09. The number of aliphatic hydroxyl groups is 1. The molecule has 2 N–H and O–H groups in total. The molecule has 1 rings (SSSR count). The average Bonchev–Trinajstić information content (AvgIpc) is 2.33. The van der Waals surface area contributed by atoms with Gasteiger partial charge < -0.3 is 10.4 Å². The van der Waals surface area contributed by atoms with Crippen LogP contribution >= 0.6 is 24.4 Å². The zero-order valence-electron chi connectivity index (χ0n) is 9.56. The number of thioether (sulfide) groups is 1. The predicted molar refractivity (Wildman–Crippen MR) is 75.1 cm³/mol. The molecule has 0 bridgehead atoms. The molecule has 1 aromatic carbocycles. The van der Waals surface area contributed by atoms with Crippen molar-refractivity contribution in [2.24, 2.45) is 0 Å². The van der Waals surface area contributed by atoms with Crippen molar-refractivity contribution >= 4 is 30.3 Å². The highest BCUT2D eigenvalue weighted by Crippen LogP contribution is 2.08. The van der Waals surface area contributed by atoms with Crippen LogP contribution in [-0.4, -0.2) is 35.7 Å². The van der Waals surface area contributed by atoms with E-state index in [4.69, 9.17) is 5.11 Å². The fraction of sp³-hybridized carbons (Fsp3) is 0.417. The lowest BCUT2D eigenvalue weighted by molar-refractivity contribution is 0.0956. The highest BCUT2D eigenvalue weighted by molar-refractivity contribution is 7.99. The van der Waals surface area contributed by atoms with Crippen molar-refractivity contribution in [2.75, 3.05) is 24.7 Å². The summed E-state index contributed by atoms with van der Waals surface area (Å²) in [6.45, 7) is 0.875. The minimum Gasteiger partial charge on any atom is -0.396 e. The van der Waals surface area contributed by atoms with E-state index >= 15 is 0 Å². The smallest absolute Gasteiger partial charge is 0.251 e. The number of carbonyl (C=O) groups is 1. The molecule has 0 saturated heterocycles. The van der Waals surface area contributed by atoms with Gasteiger partial charge in [0.15, 0.2) is 0 Å². The van der Waals surface area contributed by atoms with E-state index in [-0.39, 0.29) is 12.5 Å². The quantitative estimate of drug-likeness (QED) is 0.524. The molecule has 0 aliphatic heterocycles. The van der Waals surface area contributed by atoms with E-state index < -0.39 is 0 Å². The van der Waals surface area contributed by atoms with E-state index in [1.807, 2.05) is 12.1 Å². The maximum Gasteiger partial charge on any atom is 0.251 e. The van der Waals surface area contributed by atoms with Gasteiger partial charge in [0.05, 0.1) is 0 Å². The Labute approximate surface area is 111 Å². The van der Waals surface area contributed by atoms with Gasteiger partial charge in [-0.25, -0.2) is 0 Å². The van der Waals surface area contributed by atoms with Crippen molar-refractivity contribution in [3.8, 4) is 0 Å². The minimum absolute atomic E-state index is 0.0661. The molecule has 3 nitrogen and oxygen atoms in total. The summed E-state index contributed by atoms with van der Waals surface area (Å²) in [5, 5.41) is 11.4. The molecule has 0 fully saturated rings. The minimum atomic E-state index is -0.0661. The number of carbonyl (C=O) groups excluding carboxylic acids is 1. The second-order valence-electron chi connectivity index (χ2n) is 3.50. The zero-order valence-corrected chi connectivity index (χ0v) is 11.3. The van der Waals surface area contributed by atoms with Crippen LogP contribution in [0.2, 0.25) is 0 Å². The maximum atomic E-state index is 11.7. The molecule has 0 aromatic heterocycles. The van der Waals surface area contributed by atoms with Crippen molar-refractivity contribution in [1.29, 1.82) is 0 Å². The highest BCUT2D eigenvalue weighted by Gasteiger charge is 2.04. The van der Waals surface area contributed by atoms with Gasteiger partial charge in [-0.05, 0) is 30.4 Å². The van der Waals surface area contributed by atoms with Gasteiger partial charge in [0, 0.05) is 29.4 Å². The third-order valence-corrected chi connectivity index (χ3v) is 3.44. The zero-order chi connectivity index (χ0) is 12.5. The molecule has 5 heteroatoms. The summed E-state index contributed by atoms with van der Waals surface area (Å²) in [5.74, 6) is 1.73. The Bertz CT molecular complexity index is 358. The number of benzene rings is 1. The second kappa shape index (κ2) is 8.44. The highest BCUT2D eigenvalue weighted by atomic mass is 32.2. The molecule has 0 saturated carbocycles. The molecular formula is C12H17NO2S2. The maximum absolute atomic E-state index is 11.7. The fourth-order valence-corrected chi connectivity index (χ4v) is 2.26. The lowest BCUT2D eigenvalue weighted by atomic mass is 10.2. The molecule has 0 unspecified atom stereocenters. The van der Waals surface area contributed by atoms with E-state index in [0.717, 1.165) is 22.8 Å². The van der Waals surface area contributed by atoms with Crippen LogP contribution in [0.25, 0.3) is 0 Å². The van der Waals surface area contributed by atoms with Gasteiger partial charge in [0.1, 0.15) is 0 Å². The fourth-order valence-electron chi connectivity index (χ4n) is 1.25. The number of thiol groups is 1. The number of hydrogen-bond donors (Lipinski definition) is 3. The summed E-state index contributed by atoms with van der Waals surface area (Å²) in [7, 11) is 0. The van der Waals surface area contributed by atoms with Crippen molar-refractivity contribution in [2.45, 2.75) is 11.3 Å². The number of nitrogens with one attached hydrogen (secondary N) is 1. The molecule has 94 valence electrons.